The second kappa shape index (κ2) is 5.97. The van der Waals surface area contributed by atoms with Crippen LogP contribution in [0.4, 0.5) is 0 Å². The molecular weight excluding hydrogens is 359 g/mol. The van der Waals surface area contributed by atoms with Gasteiger partial charge in [-0.25, -0.2) is 0 Å². The van der Waals surface area contributed by atoms with Gasteiger partial charge in [0.05, 0.1) is 12.0 Å². The minimum atomic E-state index is -0.227. The Hall–Kier alpha value is -0.700. The van der Waals surface area contributed by atoms with Crippen LogP contribution in [0.2, 0.25) is 5.02 Å². The van der Waals surface area contributed by atoms with Gasteiger partial charge in [-0.15, -0.1) is 11.6 Å². The maximum atomic E-state index is 6.62. The second-order valence-electron chi connectivity index (χ2n) is 4.85. The Labute approximate surface area is 137 Å². The number of hydrogen-bond donors (Lipinski definition) is 0. The third kappa shape index (κ3) is 2.83. The summed E-state index contributed by atoms with van der Waals surface area (Å²) in [5.74, 6) is 0.981. The Morgan fingerprint density at radius 3 is 2.85 bits per heavy atom. The quantitative estimate of drug-likeness (QED) is 0.610. The Bertz CT molecular complexity index is 642. The number of benzene rings is 2. The molecule has 0 saturated carbocycles. The molecule has 1 aliphatic rings. The van der Waals surface area contributed by atoms with Crippen LogP contribution in [0.1, 0.15) is 28.5 Å². The minimum Gasteiger partial charge on any atom is -0.493 e. The van der Waals surface area contributed by atoms with Crippen LogP contribution in [-0.4, -0.2) is 6.61 Å². The van der Waals surface area contributed by atoms with Crippen LogP contribution < -0.4 is 4.74 Å². The molecule has 1 aliphatic heterocycles. The molecule has 1 nitrogen and oxygen atoms in total. The van der Waals surface area contributed by atoms with Gasteiger partial charge in [0, 0.05) is 9.50 Å². The second-order valence-corrected chi connectivity index (χ2v) is 6.57. The third-order valence-corrected chi connectivity index (χ3v) is 4.90. The van der Waals surface area contributed by atoms with E-state index in [9.17, 15) is 0 Å². The van der Waals surface area contributed by atoms with Crippen LogP contribution in [0.5, 0.6) is 5.75 Å². The van der Waals surface area contributed by atoms with Gasteiger partial charge >= 0.3 is 0 Å². The molecule has 1 heterocycles. The molecule has 0 radical (unpaired) electrons. The zero-order chi connectivity index (χ0) is 14.1. The summed E-state index contributed by atoms with van der Waals surface area (Å²) < 4.78 is 6.60. The molecule has 2 aromatic carbocycles. The Morgan fingerprint density at radius 2 is 2.00 bits per heavy atom. The van der Waals surface area contributed by atoms with Gasteiger partial charge in [-0.1, -0.05) is 39.7 Å². The summed E-state index contributed by atoms with van der Waals surface area (Å²) in [5, 5.41) is 0.463. The molecule has 0 aliphatic carbocycles. The molecule has 1 atom stereocenters. The van der Waals surface area contributed by atoms with E-state index < -0.39 is 0 Å². The molecule has 104 valence electrons. The Balaban J connectivity index is 1.97. The zero-order valence-corrected chi connectivity index (χ0v) is 13.8. The number of alkyl halides is 1. The number of rotatable bonds is 2. The van der Waals surface area contributed by atoms with Crippen LogP contribution in [0.15, 0.2) is 40.9 Å². The Kier molecular flexibility index (Phi) is 4.25. The summed E-state index contributed by atoms with van der Waals surface area (Å²) in [4.78, 5) is 0. The van der Waals surface area contributed by atoms with Gasteiger partial charge in [0.15, 0.2) is 0 Å². The first-order valence-corrected chi connectivity index (χ1v) is 8.10. The normalized spacial score (nSPS) is 15.3. The first-order valence-electron chi connectivity index (χ1n) is 6.50. The SMILES string of the molecule is Clc1ccc(Br)c(C(Cl)c2ccc3c(c2)CCCO3)c1. The minimum absolute atomic E-state index is 0.227. The number of fused-ring (bicyclic) bond motifs is 1. The van der Waals surface area contributed by atoms with E-state index in [4.69, 9.17) is 27.9 Å². The van der Waals surface area contributed by atoms with Gasteiger partial charge in [-0.05, 0) is 53.8 Å². The average molecular weight is 372 g/mol. The van der Waals surface area contributed by atoms with E-state index in [1.54, 1.807) is 0 Å². The summed E-state index contributed by atoms with van der Waals surface area (Å²) >= 11 is 16.2. The molecule has 0 bridgehead atoms. The van der Waals surface area contributed by atoms with Crippen LogP contribution in [-0.2, 0) is 6.42 Å². The van der Waals surface area contributed by atoms with Crippen LogP contribution in [0.3, 0.4) is 0 Å². The maximum absolute atomic E-state index is 6.62. The fraction of sp³-hybridized carbons (Fsp3) is 0.250. The molecule has 0 N–H and O–H groups in total. The molecule has 4 heteroatoms. The van der Waals surface area contributed by atoms with Gasteiger partial charge in [0.1, 0.15) is 5.75 Å². The van der Waals surface area contributed by atoms with E-state index in [2.05, 4.69) is 22.0 Å². The van der Waals surface area contributed by atoms with Crippen molar-refractivity contribution in [1.82, 2.24) is 0 Å². The molecule has 1 unspecified atom stereocenters. The summed E-state index contributed by atoms with van der Waals surface area (Å²) in [7, 11) is 0. The van der Waals surface area contributed by atoms with E-state index in [-0.39, 0.29) is 5.38 Å². The number of ether oxygens (including phenoxy) is 1. The molecule has 2 aromatic rings. The lowest BCUT2D eigenvalue weighted by molar-refractivity contribution is 0.288. The van der Waals surface area contributed by atoms with Crippen molar-refractivity contribution in [3.05, 3.63) is 62.6 Å². The van der Waals surface area contributed by atoms with Gasteiger partial charge < -0.3 is 4.74 Å². The molecule has 0 fully saturated rings. The maximum Gasteiger partial charge on any atom is 0.122 e. The highest BCUT2D eigenvalue weighted by Crippen LogP contribution is 2.37. The first kappa shape index (κ1) is 14.2. The smallest absolute Gasteiger partial charge is 0.122 e. The van der Waals surface area contributed by atoms with Crippen molar-refractivity contribution in [2.75, 3.05) is 6.61 Å². The zero-order valence-electron chi connectivity index (χ0n) is 10.7. The summed E-state index contributed by atoms with van der Waals surface area (Å²) in [6, 6.07) is 11.8. The van der Waals surface area contributed by atoms with Crippen LogP contribution >= 0.6 is 39.1 Å². The molecular formula is C16H13BrCl2O. The third-order valence-electron chi connectivity index (χ3n) is 3.46. The van der Waals surface area contributed by atoms with Gasteiger partial charge in [-0.3, -0.25) is 0 Å². The van der Waals surface area contributed by atoms with E-state index in [0.717, 1.165) is 40.8 Å². The predicted octanol–water partition coefficient (Wildman–Crippen LogP) is 5.76. The lowest BCUT2D eigenvalue weighted by atomic mass is 9.98. The van der Waals surface area contributed by atoms with Crippen molar-refractivity contribution >= 4 is 39.1 Å². The number of halogens is 3. The fourth-order valence-corrected chi connectivity index (χ4v) is 3.53. The molecule has 0 amide bonds. The number of aryl methyl sites for hydroxylation is 1. The molecule has 0 saturated heterocycles. The predicted molar refractivity (Wildman–Crippen MR) is 87.1 cm³/mol. The van der Waals surface area contributed by atoms with Crippen molar-refractivity contribution in [2.24, 2.45) is 0 Å². The highest BCUT2D eigenvalue weighted by Gasteiger charge is 2.18. The molecule has 3 rings (SSSR count). The van der Waals surface area contributed by atoms with Crippen molar-refractivity contribution in [1.29, 1.82) is 0 Å². The highest BCUT2D eigenvalue weighted by molar-refractivity contribution is 9.10. The molecule has 0 aromatic heterocycles. The molecule has 20 heavy (non-hydrogen) atoms. The lowest BCUT2D eigenvalue weighted by Gasteiger charge is -2.20. The van der Waals surface area contributed by atoms with Gasteiger partial charge in [-0.2, -0.15) is 0 Å². The lowest BCUT2D eigenvalue weighted by Crippen LogP contribution is -2.09. The van der Waals surface area contributed by atoms with E-state index >= 15 is 0 Å². The van der Waals surface area contributed by atoms with Crippen LogP contribution in [0.25, 0.3) is 0 Å². The number of hydrogen-bond acceptors (Lipinski definition) is 1. The fourth-order valence-electron chi connectivity index (χ4n) is 2.43. The van der Waals surface area contributed by atoms with E-state index in [0.29, 0.717) is 5.02 Å². The Morgan fingerprint density at radius 1 is 1.15 bits per heavy atom. The van der Waals surface area contributed by atoms with Crippen molar-refractivity contribution in [3.8, 4) is 5.75 Å². The summed E-state index contributed by atoms with van der Waals surface area (Å²) in [5.41, 5.74) is 3.28. The summed E-state index contributed by atoms with van der Waals surface area (Å²) in [6.07, 6.45) is 2.10. The van der Waals surface area contributed by atoms with Gasteiger partial charge in [0.2, 0.25) is 0 Å². The van der Waals surface area contributed by atoms with Crippen molar-refractivity contribution in [3.63, 3.8) is 0 Å². The standard InChI is InChI=1S/C16H13BrCl2O/c17-14-5-4-12(18)9-13(14)16(19)11-3-6-15-10(8-11)2-1-7-20-15/h3-6,8-9,16H,1-2,7H2. The highest BCUT2D eigenvalue weighted by atomic mass is 79.9. The van der Waals surface area contributed by atoms with Crippen molar-refractivity contribution in [2.45, 2.75) is 18.2 Å². The van der Waals surface area contributed by atoms with E-state index in [1.807, 2.05) is 30.3 Å². The largest absolute Gasteiger partial charge is 0.493 e. The van der Waals surface area contributed by atoms with Crippen molar-refractivity contribution < 1.29 is 4.74 Å². The monoisotopic (exact) mass is 370 g/mol. The van der Waals surface area contributed by atoms with Crippen LogP contribution in [0, 0.1) is 0 Å². The first-order chi connectivity index (χ1) is 9.65. The van der Waals surface area contributed by atoms with Gasteiger partial charge in [0.25, 0.3) is 0 Å². The summed E-state index contributed by atoms with van der Waals surface area (Å²) in [6.45, 7) is 0.802. The van der Waals surface area contributed by atoms with E-state index in [1.165, 1.54) is 5.56 Å². The molecule has 0 spiro atoms. The average Bonchev–Trinajstić information content (AvgIpc) is 2.48. The topological polar surface area (TPSA) is 9.23 Å².